The molecule has 1 aliphatic rings. The lowest BCUT2D eigenvalue weighted by atomic mass is 10.0. The molecule has 1 saturated heterocycles. The van der Waals surface area contributed by atoms with Crippen molar-refractivity contribution in [3.8, 4) is 5.75 Å². The minimum absolute atomic E-state index is 0.760. The molecule has 0 bridgehead atoms. The SMILES string of the molecule is CCCOc1ccc(/C=N/N2CCN(Cc3cccc4ccccc34)CC2)cc1. The van der Waals surface area contributed by atoms with Gasteiger partial charge in [0.1, 0.15) is 5.75 Å². The summed E-state index contributed by atoms with van der Waals surface area (Å²) in [5.41, 5.74) is 2.51. The zero-order valence-electron chi connectivity index (χ0n) is 17.1. The maximum Gasteiger partial charge on any atom is 0.119 e. The first-order valence-corrected chi connectivity index (χ1v) is 10.5. The number of benzene rings is 3. The molecule has 1 fully saturated rings. The molecule has 0 spiro atoms. The standard InChI is InChI=1S/C25H29N3O/c1-2-18-29-24-12-10-21(11-13-24)19-26-28-16-14-27(15-17-28)20-23-8-5-7-22-6-3-4-9-25(22)23/h3-13,19H,2,14-18,20H2,1H3/b26-19+. The van der Waals surface area contributed by atoms with Crippen LogP contribution in [0, 0.1) is 0 Å². The zero-order valence-corrected chi connectivity index (χ0v) is 17.1. The summed E-state index contributed by atoms with van der Waals surface area (Å²) in [4.78, 5) is 2.52. The number of fused-ring (bicyclic) bond motifs is 1. The molecule has 0 amide bonds. The molecule has 0 aliphatic carbocycles. The lowest BCUT2D eigenvalue weighted by molar-refractivity contribution is 0.131. The number of hydrogen-bond donors (Lipinski definition) is 0. The first kappa shape index (κ1) is 19.5. The van der Waals surface area contributed by atoms with Crippen LogP contribution in [0.5, 0.6) is 5.75 Å². The Hall–Kier alpha value is -2.85. The van der Waals surface area contributed by atoms with Gasteiger partial charge in [0, 0.05) is 32.7 Å². The Morgan fingerprint density at radius 2 is 1.66 bits per heavy atom. The molecule has 0 saturated carbocycles. The number of nitrogens with zero attached hydrogens (tertiary/aromatic N) is 3. The van der Waals surface area contributed by atoms with Gasteiger partial charge in [-0.3, -0.25) is 9.91 Å². The van der Waals surface area contributed by atoms with E-state index in [1.807, 2.05) is 18.3 Å². The highest BCUT2D eigenvalue weighted by Crippen LogP contribution is 2.20. The highest BCUT2D eigenvalue weighted by Gasteiger charge is 2.16. The number of rotatable bonds is 7. The van der Waals surface area contributed by atoms with Gasteiger partial charge < -0.3 is 4.74 Å². The van der Waals surface area contributed by atoms with Gasteiger partial charge in [-0.1, -0.05) is 49.4 Å². The van der Waals surface area contributed by atoms with Crippen molar-refractivity contribution < 1.29 is 4.74 Å². The summed E-state index contributed by atoms with van der Waals surface area (Å²) in [5, 5.41) is 9.53. The zero-order chi connectivity index (χ0) is 19.9. The summed E-state index contributed by atoms with van der Waals surface area (Å²) in [6.45, 7) is 7.85. The second kappa shape index (κ2) is 9.57. The highest BCUT2D eigenvalue weighted by atomic mass is 16.5. The number of hydrogen-bond acceptors (Lipinski definition) is 4. The van der Waals surface area contributed by atoms with Crippen LogP contribution in [0.1, 0.15) is 24.5 Å². The molecule has 1 aliphatic heterocycles. The van der Waals surface area contributed by atoms with E-state index in [-0.39, 0.29) is 0 Å². The summed E-state index contributed by atoms with van der Waals surface area (Å²) in [6, 6.07) is 23.4. The summed E-state index contributed by atoms with van der Waals surface area (Å²) < 4.78 is 5.63. The average Bonchev–Trinajstić information content (AvgIpc) is 2.78. The Morgan fingerprint density at radius 3 is 2.45 bits per heavy atom. The second-order valence-corrected chi connectivity index (χ2v) is 7.53. The normalized spacial score (nSPS) is 15.3. The molecule has 150 valence electrons. The van der Waals surface area contributed by atoms with E-state index in [4.69, 9.17) is 4.74 Å². The molecule has 0 atom stereocenters. The molecular formula is C25H29N3O. The van der Waals surface area contributed by atoms with Gasteiger partial charge in [0.05, 0.1) is 12.8 Å². The van der Waals surface area contributed by atoms with Gasteiger partial charge >= 0.3 is 0 Å². The number of hydrazone groups is 1. The van der Waals surface area contributed by atoms with Crippen molar-refractivity contribution in [3.63, 3.8) is 0 Å². The lowest BCUT2D eigenvalue weighted by Crippen LogP contribution is -2.43. The van der Waals surface area contributed by atoms with E-state index in [1.165, 1.54) is 16.3 Å². The monoisotopic (exact) mass is 387 g/mol. The van der Waals surface area contributed by atoms with Crippen LogP contribution in [0.15, 0.2) is 71.8 Å². The summed E-state index contributed by atoms with van der Waals surface area (Å²) >= 11 is 0. The van der Waals surface area contributed by atoms with E-state index < -0.39 is 0 Å². The van der Waals surface area contributed by atoms with Crippen molar-refractivity contribution in [2.24, 2.45) is 5.10 Å². The van der Waals surface area contributed by atoms with Crippen molar-refractivity contribution in [1.29, 1.82) is 0 Å². The van der Waals surface area contributed by atoms with Gasteiger partial charge in [-0.15, -0.1) is 0 Å². The van der Waals surface area contributed by atoms with E-state index in [1.54, 1.807) is 0 Å². The highest BCUT2D eigenvalue weighted by molar-refractivity contribution is 5.85. The van der Waals surface area contributed by atoms with Crippen LogP contribution in [-0.4, -0.2) is 48.9 Å². The van der Waals surface area contributed by atoms with Crippen LogP contribution in [0.4, 0.5) is 0 Å². The van der Waals surface area contributed by atoms with Gasteiger partial charge in [0.15, 0.2) is 0 Å². The average molecular weight is 388 g/mol. The fourth-order valence-electron chi connectivity index (χ4n) is 3.70. The Bertz CT molecular complexity index is 938. The predicted octanol–water partition coefficient (Wildman–Crippen LogP) is 4.78. The molecule has 4 rings (SSSR count). The fraction of sp³-hybridized carbons (Fsp3) is 0.320. The van der Waals surface area contributed by atoms with Crippen molar-refractivity contribution >= 4 is 17.0 Å². The first-order valence-electron chi connectivity index (χ1n) is 10.5. The third kappa shape index (κ3) is 5.15. The summed E-state index contributed by atoms with van der Waals surface area (Å²) in [6.07, 6.45) is 2.97. The Morgan fingerprint density at radius 1 is 0.897 bits per heavy atom. The van der Waals surface area contributed by atoms with E-state index >= 15 is 0 Å². The van der Waals surface area contributed by atoms with E-state index in [0.29, 0.717) is 0 Å². The summed E-state index contributed by atoms with van der Waals surface area (Å²) in [5.74, 6) is 0.922. The van der Waals surface area contributed by atoms with Gasteiger partial charge in [-0.05, 0) is 52.6 Å². The van der Waals surface area contributed by atoms with E-state index in [9.17, 15) is 0 Å². The molecule has 1 heterocycles. The smallest absolute Gasteiger partial charge is 0.119 e. The third-order valence-electron chi connectivity index (χ3n) is 5.35. The van der Waals surface area contributed by atoms with Crippen LogP contribution in [0.2, 0.25) is 0 Å². The first-order chi connectivity index (χ1) is 14.3. The molecule has 29 heavy (non-hydrogen) atoms. The predicted molar refractivity (Wildman–Crippen MR) is 121 cm³/mol. The third-order valence-corrected chi connectivity index (χ3v) is 5.35. The van der Waals surface area contributed by atoms with Crippen LogP contribution < -0.4 is 4.74 Å². The quantitative estimate of drug-likeness (QED) is 0.546. The molecule has 0 aromatic heterocycles. The molecule has 4 nitrogen and oxygen atoms in total. The molecule has 4 heteroatoms. The number of piperazine rings is 1. The van der Waals surface area contributed by atoms with Gasteiger partial charge in [-0.2, -0.15) is 5.10 Å². The van der Waals surface area contributed by atoms with Crippen molar-refractivity contribution in [2.45, 2.75) is 19.9 Å². The van der Waals surface area contributed by atoms with Gasteiger partial charge in [0.2, 0.25) is 0 Å². The molecular weight excluding hydrogens is 358 g/mol. The maximum absolute atomic E-state index is 5.63. The van der Waals surface area contributed by atoms with Crippen molar-refractivity contribution in [1.82, 2.24) is 9.91 Å². The molecule has 3 aromatic carbocycles. The van der Waals surface area contributed by atoms with Crippen LogP contribution in [0.25, 0.3) is 10.8 Å². The topological polar surface area (TPSA) is 28.1 Å². The largest absolute Gasteiger partial charge is 0.494 e. The second-order valence-electron chi connectivity index (χ2n) is 7.53. The van der Waals surface area contributed by atoms with Crippen molar-refractivity contribution in [3.05, 3.63) is 77.9 Å². The number of ether oxygens (including phenoxy) is 1. The molecule has 0 radical (unpaired) electrons. The van der Waals surface area contributed by atoms with Crippen molar-refractivity contribution in [2.75, 3.05) is 32.8 Å². The Labute approximate surface area is 173 Å². The Balaban J connectivity index is 1.29. The van der Waals surface area contributed by atoms with Gasteiger partial charge in [0.25, 0.3) is 0 Å². The molecule has 3 aromatic rings. The van der Waals surface area contributed by atoms with Crippen LogP contribution in [0.3, 0.4) is 0 Å². The van der Waals surface area contributed by atoms with Gasteiger partial charge in [-0.25, -0.2) is 0 Å². The van der Waals surface area contributed by atoms with Crippen LogP contribution >= 0.6 is 0 Å². The molecule has 0 N–H and O–H groups in total. The van der Waals surface area contributed by atoms with Crippen LogP contribution in [-0.2, 0) is 6.54 Å². The summed E-state index contributed by atoms with van der Waals surface area (Å²) in [7, 11) is 0. The molecule has 0 unspecified atom stereocenters. The minimum atomic E-state index is 0.760. The minimum Gasteiger partial charge on any atom is -0.494 e. The van der Waals surface area contributed by atoms with E-state index in [2.05, 4.69) is 76.5 Å². The lowest BCUT2D eigenvalue weighted by Gasteiger charge is -2.33. The Kier molecular flexibility index (Phi) is 6.42. The fourth-order valence-corrected chi connectivity index (χ4v) is 3.70. The maximum atomic E-state index is 5.63. The van der Waals surface area contributed by atoms with E-state index in [0.717, 1.165) is 57.1 Å².